The van der Waals surface area contributed by atoms with Crippen molar-refractivity contribution in [3.8, 4) is 17.2 Å². The summed E-state index contributed by atoms with van der Waals surface area (Å²) in [6.07, 6.45) is 0. The van der Waals surface area contributed by atoms with Crippen molar-refractivity contribution in [1.82, 2.24) is 4.90 Å². The first-order valence-corrected chi connectivity index (χ1v) is 11.0. The van der Waals surface area contributed by atoms with Crippen LogP contribution in [0.25, 0.3) is 0 Å². The standard InChI is InChI=1S/C25H23BrN2O5/c1-31-20-13-22(33-3)21(32-2)12-18(20)25(30)28-14-23(29)27-19-10-9-16(26)11-17(19)24(28)15-7-5-4-6-8-15/h4-13,24H,14H2,1-3H3,(H,27,29)/t24-/m1/s1. The monoisotopic (exact) mass is 510 g/mol. The molecular weight excluding hydrogens is 488 g/mol. The number of methoxy groups -OCH3 is 3. The molecule has 0 saturated heterocycles. The Morgan fingerprint density at radius 2 is 1.61 bits per heavy atom. The van der Waals surface area contributed by atoms with E-state index in [1.807, 2.05) is 48.5 Å². The molecule has 0 saturated carbocycles. The zero-order chi connectivity index (χ0) is 23.5. The summed E-state index contributed by atoms with van der Waals surface area (Å²) in [5, 5.41) is 2.93. The van der Waals surface area contributed by atoms with Crippen LogP contribution >= 0.6 is 15.9 Å². The smallest absolute Gasteiger partial charge is 0.259 e. The van der Waals surface area contributed by atoms with E-state index in [4.69, 9.17) is 14.2 Å². The van der Waals surface area contributed by atoms with Gasteiger partial charge < -0.3 is 24.4 Å². The summed E-state index contributed by atoms with van der Waals surface area (Å²) < 4.78 is 17.1. The summed E-state index contributed by atoms with van der Waals surface area (Å²) in [5.74, 6) is 0.492. The number of amides is 2. The summed E-state index contributed by atoms with van der Waals surface area (Å²) in [4.78, 5) is 28.4. The van der Waals surface area contributed by atoms with Crippen LogP contribution in [-0.4, -0.2) is 44.6 Å². The van der Waals surface area contributed by atoms with Crippen LogP contribution in [0.5, 0.6) is 17.2 Å². The lowest BCUT2D eigenvalue weighted by Crippen LogP contribution is -2.39. The lowest BCUT2D eigenvalue weighted by atomic mass is 9.95. The highest BCUT2D eigenvalue weighted by molar-refractivity contribution is 9.10. The lowest BCUT2D eigenvalue weighted by molar-refractivity contribution is -0.117. The van der Waals surface area contributed by atoms with Crippen molar-refractivity contribution in [2.75, 3.05) is 33.2 Å². The molecule has 0 bridgehead atoms. The minimum absolute atomic E-state index is 0.137. The van der Waals surface area contributed by atoms with Crippen LogP contribution in [0.2, 0.25) is 0 Å². The van der Waals surface area contributed by atoms with Gasteiger partial charge in [-0.15, -0.1) is 0 Å². The Morgan fingerprint density at radius 3 is 2.27 bits per heavy atom. The zero-order valence-corrected chi connectivity index (χ0v) is 20.0. The summed E-state index contributed by atoms with van der Waals surface area (Å²) >= 11 is 3.52. The SMILES string of the molecule is COc1cc(OC)c(C(=O)N2CC(=O)Nc3ccc(Br)cc3[C@H]2c2ccccc2)cc1OC. The maximum atomic E-state index is 14.0. The van der Waals surface area contributed by atoms with Crippen LogP contribution in [-0.2, 0) is 4.79 Å². The molecule has 1 atom stereocenters. The number of hydrogen-bond acceptors (Lipinski definition) is 5. The molecule has 3 aromatic rings. The molecule has 7 nitrogen and oxygen atoms in total. The average Bonchev–Trinajstić information content (AvgIpc) is 2.98. The molecule has 8 heteroatoms. The number of nitrogens with zero attached hydrogens (tertiary/aromatic N) is 1. The van der Waals surface area contributed by atoms with Gasteiger partial charge in [0.15, 0.2) is 11.5 Å². The van der Waals surface area contributed by atoms with E-state index in [9.17, 15) is 9.59 Å². The van der Waals surface area contributed by atoms with Gasteiger partial charge in [-0.05, 0) is 23.8 Å². The molecule has 170 valence electrons. The molecule has 4 rings (SSSR count). The Balaban J connectivity index is 1.91. The predicted molar refractivity (Wildman–Crippen MR) is 128 cm³/mol. The average molecular weight is 511 g/mol. The van der Waals surface area contributed by atoms with Crippen LogP contribution < -0.4 is 19.5 Å². The number of anilines is 1. The van der Waals surface area contributed by atoms with Crippen LogP contribution in [0.1, 0.15) is 27.5 Å². The van der Waals surface area contributed by atoms with Crippen molar-refractivity contribution in [2.24, 2.45) is 0 Å². The molecule has 33 heavy (non-hydrogen) atoms. The van der Waals surface area contributed by atoms with E-state index >= 15 is 0 Å². The molecule has 0 spiro atoms. The van der Waals surface area contributed by atoms with Crippen molar-refractivity contribution >= 4 is 33.4 Å². The number of fused-ring (bicyclic) bond motifs is 1. The molecule has 0 unspecified atom stereocenters. The van der Waals surface area contributed by atoms with E-state index in [-0.39, 0.29) is 23.9 Å². The second kappa shape index (κ2) is 9.54. The van der Waals surface area contributed by atoms with E-state index in [1.165, 1.54) is 21.3 Å². The van der Waals surface area contributed by atoms with Crippen LogP contribution in [0, 0.1) is 0 Å². The number of hydrogen-bond donors (Lipinski definition) is 1. The second-order valence-corrected chi connectivity index (χ2v) is 8.35. The molecule has 1 N–H and O–H groups in total. The highest BCUT2D eigenvalue weighted by Gasteiger charge is 2.35. The highest BCUT2D eigenvalue weighted by atomic mass is 79.9. The van der Waals surface area contributed by atoms with Gasteiger partial charge in [0.05, 0.1) is 32.9 Å². The number of ether oxygens (including phenoxy) is 3. The molecule has 0 aromatic heterocycles. The van der Waals surface area contributed by atoms with Crippen molar-refractivity contribution < 1.29 is 23.8 Å². The number of halogens is 1. The molecule has 1 aliphatic heterocycles. The topological polar surface area (TPSA) is 77.1 Å². The Labute approximate surface area is 200 Å². The summed E-state index contributed by atoms with van der Waals surface area (Å²) in [7, 11) is 4.49. The summed E-state index contributed by atoms with van der Waals surface area (Å²) in [6, 6.07) is 17.9. The number of carbonyl (C=O) groups excluding carboxylic acids is 2. The molecule has 0 radical (unpaired) electrons. The number of nitrogens with one attached hydrogen (secondary N) is 1. The number of rotatable bonds is 5. The number of carbonyl (C=O) groups is 2. The van der Waals surface area contributed by atoms with E-state index < -0.39 is 6.04 Å². The molecule has 3 aromatic carbocycles. The van der Waals surface area contributed by atoms with Crippen molar-refractivity contribution in [2.45, 2.75) is 6.04 Å². The third-order valence-corrected chi connectivity index (χ3v) is 6.01. The van der Waals surface area contributed by atoms with Gasteiger partial charge in [0.1, 0.15) is 12.3 Å². The Morgan fingerprint density at radius 1 is 0.939 bits per heavy atom. The Bertz CT molecular complexity index is 1200. The van der Waals surface area contributed by atoms with E-state index in [0.717, 1.165) is 15.6 Å². The summed E-state index contributed by atoms with van der Waals surface area (Å²) in [5.41, 5.74) is 2.60. The second-order valence-electron chi connectivity index (χ2n) is 7.43. The third kappa shape index (κ3) is 4.39. The van der Waals surface area contributed by atoms with Crippen molar-refractivity contribution in [3.05, 3.63) is 81.8 Å². The fraction of sp³-hybridized carbons (Fsp3) is 0.200. The predicted octanol–water partition coefficient (Wildman–Crippen LogP) is 4.66. The van der Waals surface area contributed by atoms with Gasteiger partial charge in [0.2, 0.25) is 5.91 Å². The quantitative estimate of drug-likeness (QED) is 0.540. The fourth-order valence-corrected chi connectivity index (χ4v) is 4.39. The molecule has 2 amide bonds. The fourth-order valence-electron chi connectivity index (χ4n) is 4.01. The van der Waals surface area contributed by atoms with Crippen LogP contribution in [0.3, 0.4) is 0 Å². The Hall–Kier alpha value is -3.52. The molecule has 1 heterocycles. The van der Waals surface area contributed by atoms with Crippen LogP contribution in [0.15, 0.2) is 65.1 Å². The first kappa shape index (κ1) is 22.7. The third-order valence-electron chi connectivity index (χ3n) is 5.52. The van der Waals surface area contributed by atoms with E-state index in [1.54, 1.807) is 17.0 Å². The van der Waals surface area contributed by atoms with Gasteiger partial charge in [-0.1, -0.05) is 46.3 Å². The van der Waals surface area contributed by atoms with Gasteiger partial charge in [0, 0.05) is 27.9 Å². The highest BCUT2D eigenvalue weighted by Crippen LogP contribution is 2.40. The molecular formula is C25H23BrN2O5. The largest absolute Gasteiger partial charge is 0.496 e. The summed E-state index contributed by atoms with van der Waals surface area (Å²) in [6.45, 7) is -0.137. The zero-order valence-electron chi connectivity index (χ0n) is 18.4. The lowest BCUT2D eigenvalue weighted by Gasteiger charge is -2.31. The molecule has 1 aliphatic rings. The number of benzene rings is 3. The van der Waals surface area contributed by atoms with Gasteiger partial charge in [-0.3, -0.25) is 9.59 Å². The maximum Gasteiger partial charge on any atom is 0.259 e. The van der Waals surface area contributed by atoms with Crippen molar-refractivity contribution in [3.63, 3.8) is 0 Å². The minimum Gasteiger partial charge on any atom is -0.496 e. The maximum absolute atomic E-state index is 14.0. The Kier molecular flexibility index (Phi) is 6.55. The minimum atomic E-state index is -0.511. The van der Waals surface area contributed by atoms with Gasteiger partial charge >= 0.3 is 0 Å². The van der Waals surface area contributed by atoms with Gasteiger partial charge in [-0.2, -0.15) is 0 Å². The van der Waals surface area contributed by atoms with Gasteiger partial charge in [0.25, 0.3) is 5.91 Å². The molecule has 0 fully saturated rings. The first-order valence-electron chi connectivity index (χ1n) is 10.2. The molecule has 0 aliphatic carbocycles. The normalized spacial score (nSPS) is 15.2. The van der Waals surface area contributed by atoms with Crippen molar-refractivity contribution in [1.29, 1.82) is 0 Å². The van der Waals surface area contributed by atoms with E-state index in [0.29, 0.717) is 22.9 Å². The van der Waals surface area contributed by atoms with Gasteiger partial charge in [-0.25, -0.2) is 0 Å². The van der Waals surface area contributed by atoms with E-state index in [2.05, 4.69) is 21.2 Å². The van der Waals surface area contributed by atoms with Crippen LogP contribution in [0.4, 0.5) is 5.69 Å². The first-order chi connectivity index (χ1) is 16.0.